The first-order valence-electron chi connectivity index (χ1n) is 17.8. The van der Waals surface area contributed by atoms with E-state index >= 15 is 0 Å². The molecule has 3 N–H and O–H groups in total. The molecule has 2 fully saturated rings. The van der Waals surface area contributed by atoms with Gasteiger partial charge in [0.15, 0.2) is 0 Å². The summed E-state index contributed by atoms with van der Waals surface area (Å²) in [6.45, 7) is 23.3. The molecule has 0 spiro atoms. The number of terminal acetylenes is 3. The number of carbonyl (C=O) groups is 4. The van der Waals surface area contributed by atoms with Gasteiger partial charge in [-0.3, -0.25) is 23.9 Å². The second-order valence-electron chi connectivity index (χ2n) is 12.3. The van der Waals surface area contributed by atoms with Gasteiger partial charge in [0.1, 0.15) is 12.1 Å². The van der Waals surface area contributed by atoms with E-state index in [4.69, 9.17) is 4.74 Å². The second-order valence-corrected chi connectivity index (χ2v) is 14.3. The van der Waals surface area contributed by atoms with Crippen LogP contribution in [0.15, 0.2) is 74.9 Å². The number of likely N-dealkylation sites (tertiary alicyclic amines) is 1. The highest BCUT2D eigenvalue weighted by atomic mass is 32.2. The summed E-state index contributed by atoms with van der Waals surface area (Å²) in [6, 6.07) is 10.1. The predicted molar refractivity (Wildman–Crippen MR) is 229 cm³/mol. The number of nitrogens with one attached hydrogen (secondary N) is 3. The largest absolute Gasteiger partial charge is 0.379 e. The SMILES string of the molecule is C#C.C#C.C#C.C=C.C=CC(C)C(NC(=O)[C@@H]1CCCN1C(=O)CNC=O)C(=O)NS(=O)(=O)C1CC1.C=CCCCCC.COC(C)(C)C.c1ccccc1. The number of benzene rings is 1. The average molecular weight is 785 g/mol. The Kier molecular flexibility index (Phi) is 41.6. The van der Waals surface area contributed by atoms with Gasteiger partial charge in [-0.2, -0.15) is 0 Å². The van der Waals surface area contributed by atoms with Gasteiger partial charge < -0.3 is 20.3 Å². The van der Waals surface area contributed by atoms with Crippen molar-refractivity contribution in [1.82, 2.24) is 20.3 Å². The molecule has 1 aromatic carbocycles. The van der Waals surface area contributed by atoms with Crippen LogP contribution >= 0.6 is 0 Å². The quantitative estimate of drug-likeness (QED) is 0.0899. The lowest BCUT2D eigenvalue weighted by Crippen LogP contribution is -2.56. The first-order valence-corrected chi connectivity index (χ1v) is 19.3. The van der Waals surface area contributed by atoms with E-state index in [1.54, 1.807) is 14.0 Å². The maximum atomic E-state index is 12.7. The van der Waals surface area contributed by atoms with E-state index in [1.807, 2.05) is 68.0 Å². The zero-order chi connectivity index (χ0) is 43.9. The first kappa shape index (κ1) is 59.2. The van der Waals surface area contributed by atoms with E-state index in [0.717, 1.165) is 0 Å². The van der Waals surface area contributed by atoms with Crippen LogP contribution in [-0.2, 0) is 33.9 Å². The molecule has 55 heavy (non-hydrogen) atoms. The molecule has 1 saturated heterocycles. The van der Waals surface area contributed by atoms with Crippen LogP contribution in [0.25, 0.3) is 0 Å². The van der Waals surface area contributed by atoms with Gasteiger partial charge in [-0.15, -0.1) is 64.9 Å². The molecule has 11 nitrogen and oxygen atoms in total. The van der Waals surface area contributed by atoms with E-state index in [2.05, 4.69) is 82.4 Å². The molecule has 3 rings (SSSR count). The smallest absolute Gasteiger partial charge is 0.256 e. The zero-order valence-electron chi connectivity index (χ0n) is 34.1. The lowest BCUT2D eigenvalue weighted by Gasteiger charge is -2.27. The number of sulfonamides is 1. The maximum absolute atomic E-state index is 12.7. The topological polar surface area (TPSA) is 151 Å². The molecule has 2 unspecified atom stereocenters. The molecule has 1 saturated carbocycles. The van der Waals surface area contributed by atoms with Crippen LogP contribution in [0.1, 0.15) is 86.0 Å². The summed E-state index contributed by atoms with van der Waals surface area (Å²) in [6.07, 6.45) is 35.0. The third kappa shape index (κ3) is 32.1. The predicted octanol–water partition coefficient (Wildman–Crippen LogP) is 6.06. The molecule has 3 atom stereocenters. The van der Waals surface area contributed by atoms with Crippen LogP contribution in [0.5, 0.6) is 0 Å². The molecule has 1 aromatic rings. The molecule has 2 aliphatic rings. The molecule has 1 heterocycles. The Hall–Kier alpha value is -5.09. The van der Waals surface area contributed by atoms with Crippen LogP contribution in [0, 0.1) is 44.5 Å². The van der Waals surface area contributed by atoms with Gasteiger partial charge in [-0.1, -0.05) is 75.2 Å². The summed E-state index contributed by atoms with van der Waals surface area (Å²) in [7, 11) is -2.05. The minimum atomic E-state index is -3.75. The summed E-state index contributed by atoms with van der Waals surface area (Å²) in [5.74, 6) is -2.31. The second kappa shape index (κ2) is 38.6. The number of unbranched alkanes of at least 4 members (excludes halogenated alkanes) is 3. The molecule has 12 heteroatoms. The Bertz CT molecular complexity index is 1290. The molecule has 308 valence electrons. The van der Waals surface area contributed by atoms with Gasteiger partial charge in [-0.05, 0) is 59.3 Å². The van der Waals surface area contributed by atoms with Crippen molar-refractivity contribution >= 4 is 34.2 Å². The summed E-state index contributed by atoms with van der Waals surface area (Å²) < 4.78 is 31.1. The van der Waals surface area contributed by atoms with Gasteiger partial charge in [0, 0.05) is 19.6 Å². The zero-order valence-corrected chi connectivity index (χ0v) is 34.9. The number of methoxy groups -OCH3 is 1. The van der Waals surface area contributed by atoms with Gasteiger partial charge in [0.25, 0.3) is 5.91 Å². The number of carbonyl (C=O) groups excluding carboxylic acids is 4. The van der Waals surface area contributed by atoms with Crippen LogP contribution in [-0.4, -0.2) is 80.6 Å². The lowest BCUT2D eigenvalue weighted by atomic mass is 10.0. The van der Waals surface area contributed by atoms with Crippen LogP contribution in [0.2, 0.25) is 0 Å². The highest BCUT2D eigenvalue weighted by Gasteiger charge is 2.40. The van der Waals surface area contributed by atoms with Crippen LogP contribution < -0.4 is 15.4 Å². The van der Waals surface area contributed by atoms with E-state index in [0.29, 0.717) is 38.6 Å². The van der Waals surface area contributed by atoms with E-state index < -0.39 is 51.0 Å². The van der Waals surface area contributed by atoms with Gasteiger partial charge in [0.2, 0.25) is 28.2 Å². The molecule has 0 bridgehead atoms. The maximum Gasteiger partial charge on any atom is 0.256 e. The van der Waals surface area contributed by atoms with E-state index in [1.165, 1.54) is 36.7 Å². The number of allylic oxidation sites excluding steroid dienone is 1. The Morgan fingerprint density at radius 2 is 1.40 bits per heavy atom. The van der Waals surface area contributed by atoms with Gasteiger partial charge in [-0.25, -0.2) is 8.42 Å². The van der Waals surface area contributed by atoms with E-state index in [9.17, 15) is 27.6 Å². The Morgan fingerprint density at radius 1 is 0.927 bits per heavy atom. The number of hydrogen-bond donors (Lipinski definition) is 3. The Morgan fingerprint density at radius 3 is 1.76 bits per heavy atom. The van der Waals surface area contributed by atoms with Crippen molar-refractivity contribution in [2.75, 3.05) is 20.2 Å². The van der Waals surface area contributed by atoms with E-state index in [-0.39, 0.29) is 12.1 Å². The molecule has 0 aromatic heterocycles. The Labute approximate surface area is 334 Å². The number of amides is 4. The summed E-state index contributed by atoms with van der Waals surface area (Å²) >= 11 is 0. The van der Waals surface area contributed by atoms with Crippen molar-refractivity contribution in [1.29, 1.82) is 0 Å². The van der Waals surface area contributed by atoms with Gasteiger partial charge >= 0.3 is 0 Å². The van der Waals surface area contributed by atoms with Crippen molar-refractivity contribution in [3.63, 3.8) is 0 Å². The standard InChI is InChI=1S/C17H26N4O6S.C7H14.C6H6.C5H12O.C2H4.3C2H2/c1-3-11(2)15(17(25)20-28(26,27)12-6-7-12)19-16(24)13-5-4-8-21(13)14(23)9-18-10-22;1-3-5-7-6-4-2;1-2-4-6-5-3-1;1-5(2,3)6-4;4*1-2/h3,10-13,15H,1,4-9H2,2H3,(H,18,22)(H,19,24)(H,20,25);3H,1,4-7H2,2H3;1-6H;1-4H3;1-2H2;3*1-2H/t11?,13-,15?;;;;;;;/m0......./s1. The molecule has 4 amide bonds. The molecule has 0 radical (unpaired) electrons. The fourth-order valence-electron chi connectivity index (χ4n) is 3.98. The minimum Gasteiger partial charge on any atom is -0.379 e. The van der Waals surface area contributed by atoms with Crippen molar-refractivity contribution in [2.24, 2.45) is 5.92 Å². The number of nitrogens with zero attached hydrogens (tertiary/aromatic N) is 1. The molecular formula is C43H68N4O7S. The fraction of sp³-hybridized carbons (Fsp3) is 0.488. The van der Waals surface area contributed by atoms with Crippen molar-refractivity contribution in [3.05, 3.63) is 74.9 Å². The lowest BCUT2D eigenvalue weighted by molar-refractivity contribution is -0.139. The third-order valence-electron chi connectivity index (χ3n) is 7.19. The van der Waals surface area contributed by atoms with Crippen LogP contribution in [0.3, 0.4) is 0 Å². The number of rotatable bonds is 14. The monoisotopic (exact) mass is 784 g/mol. The normalized spacial score (nSPS) is 14.3. The molecular weight excluding hydrogens is 717 g/mol. The minimum absolute atomic E-state index is 0.0417. The number of hydrogen-bond acceptors (Lipinski definition) is 7. The van der Waals surface area contributed by atoms with Gasteiger partial charge in [0.05, 0.1) is 17.4 Å². The first-order chi connectivity index (χ1) is 26.2. The average Bonchev–Trinajstić information content (AvgIpc) is 3.97. The molecule has 1 aliphatic heterocycles. The Balaban J connectivity index is -0.000000250. The summed E-state index contributed by atoms with van der Waals surface area (Å²) in [5, 5.41) is 4.26. The number of ether oxygens (including phenoxy) is 1. The van der Waals surface area contributed by atoms with Crippen molar-refractivity contribution < 1.29 is 32.3 Å². The highest BCUT2D eigenvalue weighted by molar-refractivity contribution is 7.90. The van der Waals surface area contributed by atoms with Crippen LogP contribution in [0.4, 0.5) is 0 Å². The third-order valence-corrected chi connectivity index (χ3v) is 9.02. The highest BCUT2D eigenvalue weighted by Crippen LogP contribution is 2.27. The summed E-state index contributed by atoms with van der Waals surface area (Å²) in [4.78, 5) is 49.1. The van der Waals surface area contributed by atoms with Crippen molar-refractivity contribution in [2.45, 2.75) is 109 Å². The van der Waals surface area contributed by atoms with Crippen molar-refractivity contribution in [3.8, 4) is 38.5 Å². The molecule has 1 aliphatic carbocycles. The summed E-state index contributed by atoms with van der Waals surface area (Å²) in [5.41, 5.74) is 0.0417. The fourth-order valence-corrected chi connectivity index (χ4v) is 5.31.